The van der Waals surface area contributed by atoms with E-state index < -0.39 is 17.6 Å². The van der Waals surface area contributed by atoms with Crippen LogP contribution in [0.3, 0.4) is 0 Å². The smallest absolute Gasteiger partial charge is 0.270 e. The summed E-state index contributed by atoms with van der Waals surface area (Å²) in [5.41, 5.74) is 0.524. The minimum atomic E-state index is -0.665. The average molecular weight is 435 g/mol. The predicted molar refractivity (Wildman–Crippen MR) is 112 cm³/mol. The molecule has 1 aliphatic rings. The highest BCUT2D eigenvalue weighted by atomic mass is 35.5. The van der Waals surface area contributed by atoms with E-state index in [0.717, 1.165) is 4.90 Å². The molecule has 1 fully saturated rings. The molecule has 2 amide bonds. The lowest BCUT2D eigenvalue weighted by molar-refractivity contribution is -0.122. The summed E-state index contributed by atoms with van der Waals surface area (Å²) in [4.78, 5) is 26.5. The summed E-state index contributed by atoms with van der Waals surface area (Å²) in [7, 11) is 1.47. The van der Waals surface area contributed by atoms with E-state index in [2.05, 4.69) is 5.32 Å². The molecule has 3 rings (SSSR count). The Kier molecular flexibility index (Phi) is 6.14. The second kappa shape index (κ2) is 8.59. The van der Waals surface area contributed by atoms with Crippen molar-refractivity contribution in [3.63, 3.8) is 0 Å². The van der Waals surface area contributed by atoms with Crippen molar-refractivity contribution >= 4 is 52.5 Å². The molecule has 0 aromatic heterocycles. The van der Waals surface area contributed by atoms with Gasteiger partial charge in [0, 0.05) is 6.07 Å². The summed E-state index contributed by atoms with van der Waals surface area (Å²) in [6, 6.07) is 8.28. The minimum Gasteiger partial charge on any atom is -0.493 e. The second-order valence-corrected chi connectivity index (χ2v) is 6.69. The molecule has 29 heavy (non-hydrogen) atoms. The molecule has 6 nitrogen and oxygen atoms in total. The number of hydrogen-bond donors (Lipinski definition) is 1. The van der Waals surface area contributed by atoms with Crippen molar-refractivity contribution in [1.29, 1.82) is 0 Å². The summed E-state index contributed by atoms with van der Waals surface area (Å²) in [6.07, 6.45) is 1.34. The summed E-state index contributed by atoms with van der Waals surface area (Å²) < 4.78 is 24.0. The number of amides is 2. The number of nitrogens with zero attached hydrogens (tertiary/aromatic N) is 1. The van der Waals surface area contributed by atoms with Gasteiger partial charge < -0.3 is 9.47 Å². The van der Waals surface area contributed by atoms with Crippen LogP contribution in [0.1, 0.15) is 12.5 Å². The number of nitrogens with one attached hydrogen (secondary N) is 1. The average Bonchev–Trinajstić information content (AvgIpc) is 2.68. The van der Waals surface area contributed by atoms with Gasteiger partial charge in [0.05, 0.1) is 24.4 Å². The molecule has 1 saturated heterocycles. The van der Waals surface area contributed by atoms with Gasteiger partial charge in [-0.2, -0.15) is 0 Å². The zero-order chi connectivity index (χ0) is 21.1. The van der Waals surface area contributed by atoms with Crippen LogP contribution in [0.4, 0.5) is 10.1 Å². The van der Waals surface area contributed by atoms with Crippen molar-refractivity contribution in [1.82, 2.24) is 5.32 Å². The van der Waals surface area contributed by atoms with Gasteiger partial charge in [0.2, 0.25) is 0 Å². The van der Waals surface area contributed by atoms with E-state index in [4.69, 9.17) is 33.3 Å². The first kappa shape index (κ1) is 20.8. The van der Waals surface area contributed by atoms with Crippen molar-refractivity contribution in [3.05, 3.63) is 58.4 Å². The van der Waals surface area contributed by atoms with Crippen molar-refractivity contribution in [2.45, 2.75) is 6.92 Å². The first-order chi connectivity index (χ1) is 13.8. The fourth-order valence-corrected chi connectivity index (χ4v) is 3.22. The lowest BCUT2D eigenvalue weighted by atomic mass is 10.1. The summed E-state index contributed by atoms with van der Waals surface area (Å²) in [5, 5.41) is 2.63. The van der Waals surface area contributed by atoms with Gasteiger partial charge in [-0.3, -0.25) is 19.8 Å². The van der Waals surface area contributed by atoms with Gasteiger partial charge in [0.1, 0.15) is 11.4 Å². The molecule has 2 aromatic carbocycles. The molecular formula is C20H16ClFN2O4S. The van der Waals surface area contributed by atoms with Crippen molar-refractivity contribution in [2.24, 2.45) is 0 Å². The number of ether oxygens (including phenoxy) is 2. The van der Waals surface area contributed by atoms with Crippen LogP contribution in [-0.2, 0) is 9.59 Å². The maximum absolute atomic E-state index is 13.2. The third-order valence-corrected chi connectivity index (χ3v) is 4.68. The normalized spacial score (nSPS) is 15.5. The topological polar surface area (TPSA) is 67.9 Å². The predicted octanol–water partition coefficient (Wildman–Crippen LogP) is 3.72. The maximum atomic E-state index is 13.2. The quantitative estimate of drug-likeness (QED) is 0.441. The molecule has 1 aliphatic heterocycles. The van der Waals surface area contributed by atoms with Crippen LogP contribution in [0, 0.1) is 5.82 Å². The summed E-state index contributed by atoms with van der Waals surface area (Å²) >= 11 is 11.4. The zero-order valence-electron chi connectivity index (χ0n) is 15.5. The molecule has 2 aromatic rings. The molecule has 9 heteroatoms. The molecule has 1 N–H and O–H groups in total. The standard InChI is InChI=1S/C20H16ClFN2O4S/c1-3-28-17-10-15(21)11(9-16(17)27-2)8-14-18(25)23-20(29)24(19(14)26)13-6-4-12(22)5-7-13/h4-10H,3H2,1-2H3,(H,23,25,29). The second-order valence-electron chi connectivity index (χ2n) is 5.89. The molecule has 0 spiro atoms. The molecule has 1 heterocycles. The molecule has 0 radical (unpaired) electrons. The van der Waals surface area contributed by atoms with Gasteiger partial charge in [-0.15, -0.1) is 0 Å². The Balaban J connectivity index is 2.03. The lowest BCUT2D eigenvalue weighted by Crippen LogP contribution is -2.54. The highest BCUT2D eigenvalue weighted by Crippen LogP contribution is 2.35. The number of benzene rings is 2. The monoisotopic (exact) mass is 434 g/mol. The fourth-order valence-electron chi connectivity index (χ4n) is 2.73. The Labute approximate surface area is 176 Å². The molecule has 0 unspecified atom stereocenters. The van der Waals surface area contributed by atoms with Crippen molar-refractivity contribution in [3.8, 4) is 11.5 Å². The van der Waals surface area contributed by atoms with Crippen LogP contribution in [0.15, 0.2) is 42.0 Å². The van der Waals surface area contributed by atoms with Crippen LogP contribution in [0.25, 0.3) is 6.08 Å². The van der Waals surface area contributed by atoms with E-state index in [0.29, 0.717) is 29.4 Å². The van der Waals surface area contributed by atoms with Gasteiger partial charge in [-0.05, 0) is 61.1 Å². The highest BCUT2D eigenvalue weighted by Gasteiger charge is 2.34. The number of rotatable bonds is 5. The molecule has 0 atom stereocenters. The maximum Gasteiger partial charge on any atom is 0.270 e. The van der Waals surface area contributed by atoms with Gasteiger partial charge in [-0.25, -0.2) is 4.39 Å². The summed E-state index contributed by atoms with van der Waals surface area (Å²) in [6.45, 7) is 2.24. The fraction of sp³-hybridized carbons (Fsp3) is 0.150. The number of methoxy groups -OCH3 is 1. The SMILES string of the molecule is CCOc1cc(Cl)c(C=C2C(=O)NC(=S)N(c3ccc(F)cc3)C2=O)cc1OC. The lowest BCUT2D eigenvalue weighted by Gasteiger charge is -2.29. The molecule has 150 valence electrons. The van der Waals surface area contributed by atoms with Crippen LogP contribution < -0.4 is 19.7 Å². The van der Waals surface area contributed by atoms with Gasteiger partial charge in [0.15, 0.2) is 16.6 Å². The number of anilines is 1. The van der Waals surface area contributed by atoms with E-state index >= 15 is 0 Å². The van der Waals surface area contributed by atoms with Crippen molar-refractivity contribution in [2.75, 3.05) is 18.6 Å². The van der Waals surface area contributed by atoms with Gasteiger partial charge >= 0.3 is 0 Å². The Morgan fingerprint density at radius 2 is 1.90 bits per heavy atom. The molecule has 0 bridgehead atoms. The van der Waals surface area contributed by atoms with Crippen molar-refractivity contribution < 1.29 is 23.5 Å². The minimum absolute atomic E-state index is 0.0980. The Morgan fingerprint density at radius 1 is 1.21 bits per heavy atom. The number of carbonyl (C=O) groups excluding carboxylic acids is 2. The van der Waals surface area contributed by atoms with Crippen LogP contribution in [-0.4, -0.2) is 30.6 Å². The first-order valence-electron chi connectivity index (χ1n) is 8.53. The Morgan fingerprint density at radius 3 is 2.52 bits per heavy atom. The van der Waals surface area contributed by atoms with E-state index in [1.807, 2.05) is 6.92 Å². The number of hydrogen-bond acceptors (Lipinski definition) is 5. The number of halogens is 2. The molecule has 0 aliphatic carbocycles. The van der Waals surface area contributed by atoms with Gasteiger partial charge in [-0.1, -0.05) is 11.6 Å². The third-order valence-electron chi connectivity index (χ3n) is 4.07. The Hall–Kier alpha value is -2.97. The number of carbonyl (C=O) groups is 2. The van der Waals surface area contributed by atoms with Crippen LogP contribution in [0.5, 0.6) is 11.5 Å². The first-order valence-corrected chi connectivity index (χ1v) is 9.31. The van der Waals surface area contributed by atoms with Crippen LogP contribution >= 0.6 is 23.8 Å². The van der Waals surface area contributed by atoms with E-state index in [1.165, 1.54) is 37.5 Å². The molecular weight excluding hydrogens is 419 g/mol. The zero-order valence-corrected chi connectivity index (χ0v) is 17.1. The molecule has 0 saturated carbocycles. The third kappa shape index (κ3) is 4.23. The summed E-state index contributed by atoms with van der Waals surface area (Å²) in [5.74, 6) is -0.942. The Bertz CT molecular complexity index is 1020. The highest BCUT2D eigenvalue weighted by molar-refractivity contribution is 7.80. The van der Waals surface area contributed by atoms with Crippen LogP contribution in [0.2, 0.25) is 5.02 Å². The van der Waals surface area contributed by atoms with E-state index in [9.17, 15) is 14.0 Å². The van der Waals surface area contributed by atoms with E-state index in [-0.39, 0.29) is 15.7 Å². The largest absolute Gasteiger partial charge is 0.493 e. The van der Waals surface area contributed by atoms with Gasteiger partial charge in [0.25, 0.3) is 11.8 Å². The van der Waals surface area contributed by atoms with E-state index in [1.54, 1.807) is 12.1 Å². The number of thiocarbonyl (C=S) groups is 1.